The van der Waals surface area contributed by atoms with Crippen LogP contribution in [0.4, 0.5) is 0 Å². The summed E-state index contributed by atoms with van der Waals surface area (Å²) in [6, 6.07) is 6.19. The number of hydrogen-bond acceptors (Lipinski definition) is 5. The average Bonchev–Trinajstić information content (AvgIpc) is 3.46. The standard InChI is InChI=1S/C28H33Cl2N5O2/c1-16-13-19(6-10-25(16)34-12-4-5-21(34)8-11-26(36)37)24-15-31-27-17(2)33-35(28(27)32-24)18(3)22-9-7-20(29)14-23(22)30/h6-7,9,14-16,18,21,25H,4-5,8,10-13H2,1-3H3,(H,36,37)/t16-,18?,21-,25+/m0/s1. The summed E-state index contributed by atoms with van der Waals surface area (Å²) in [5.74, 6) is -0.261. The Bertz CT molecular complexity index is 1350. The smallest absolute Gasteiger partial charge is 0.303 e. The number of allylic oxidation sites excluding steroid dienone is 1. The number of aliphatic carboxylic acids is 1. The van der Waals surface area contributed by atoms with Crippen molar-refractivity contribution in [2.24, 2.45) is 5.92 Å². The van der Waals surface area contributed by atoms with Gasteiger partial charge in [-0.2, -0.15) is 5.10 Å². The first kappa shape index (κ1) is 26.1. The predicted octanol–water partition coefficient (Wildman–Crippen LogP) is 6.56. The van der Waals surface area contributed by atoms with Crippen LogP contribution in [0.3, 0.4) is 0 Å². The minimum atomic E-state index is -0.707. The summed E-state index contributed by atoms with van der Waals surface area (Å²) in [6.45, 7) is 7.36. The van der Waals surface area contributed by atoms with E-state index in [0.717, 1.165) is 66.8 Å². The van der Waals surface area contributed by atoms with Gasteiger partial charge in [-0.15, -0.1) is 0 Å². The molecule has 2 aliphatic rings. The number of carboxylic acids is 1. The maximum Gasteiger partial charge on any atom is 0.303 e. The third kappa shape index (κ3) is 5.27. The molecule has 9 heteroatoms. The van der Waals surface area contributed by atoms with Gasteiger partial charge in [0.15, 0.2) is 5.65 Å². The molecule has 1 unspecified atom stereocenters. The quantitative estimate of drug-likeness (QED) is 0.364. The van der Waals surface area contributed by atoms with Crippen LogP contribution in [-0.4, -0.2) is 54.4 Å². The molecule has 3 aromatic rings. The van der Waals surface area contributed by atoms with Crippen molar-refractivity contribution in [1.29, 1.82) is 0 Å². The Morgan fingerprint density at radius 2 is 2.11 bits per heavy atom. The number of hydrogen-bond donors (Lipinski definition) is 1. The summed E-state index contributed by atoms with van der Waals surface area (Å²) in [6.07, 6.45) is 9.24. The van der Waals surface area contributed by atoms with Gasteiger partial charge in [0, 0.05) is 28.5 Å². The van der Waals surface area contributed by atoms with Crippen LogP contribution in [0, 0.1) is 12.8 Å². The Morgan fingerprint density at radius 3 is 2.84 bits per heavy atom. The van der Waals surface area contributed by atoms with E-state index in [1.807, 2.05) is 29.9 Å². The summed E-state index contributed by atoms with van der Waals surface area (Å²) in [4.78, 5) is 23.5. The van der Waals surface area contributed by atoms with Gasteiger partial charge in [0.1, 0.15) is 5.52 Å². The molecule has 0 amide bonds. The van der Waals surface area contributed by atoms with Gasteiger partial charge in [0.25, 0.3) is 0 Å². The van der Waals surface area contributed by atoms with Crippen molar-refractivity contribution >= 4 is 45.9 Å². The van der Waals surface area contributed by atoms with Crippen LogP contribution in [0.15, 0.2) is 30.5 Å². The molecule has 0 bridgehead atoms. The lowest BCUT2D eigenvalue weighted by Gasteiger charge is -2.39. The minimum Gasteiger partial charge on any atom is -0.481 e. The van der Waals surface area contributed by atoms with Crippen LogP contribution in [0.1, 0.15) is 75.4 Å². The van der Waals surface area contributed by atoms with E-state index in [4.69, 9.17) is 43.4 Å². The third-order valence-corrected chi connectivity index (χ3v) is 8.59. The number of carboxylic acid groups (broad SMARTS) is 1. The number of nitrogens with zero attached hydrogens (tertiary/aromatic N) is 5. The molecular formula is C28H33Cl2N5O2. The monoisotopic (exact) mass is 541 g/mol. The van der Waals surface area contributed by atoms with Crippen LogP contribution >= 0.6 is 23.2 Å². The largest absolute Gasteiger partial charge is 0.481 e. The fraction of sp³-hybridized carbons (Fsp3) is 0.500. The molecule has 1 saturated heterocycles. The second-order valence-electron chi connectivity index (χ2n) is 10.5. The van der Waals surface area contributed by atoms with Crippen molar-refractivity contribution in [2.75, 3.05) is 6.54 Å². The van der Waals surface area contributed by atoms with E-state index in [0.29, 0.717) is 28.0 Å². The van der Waals surface area contributed by atoms with E-state index in [2.05, 4.69) is 24.8 Å². The molecule has 7 nitrogen and oxygen atoms in total. The van der Waals surface area contributed by atoms with Gasteiger partial charge >= 0.3 is 5.97 Å². The van der Waals surface area contributed by atoms with Gasteiger partial charge in [-0.1, -0.05) is 42.3 Å². The second-order valence-corrected chi connectivity index (χ2v) is 11.3. The Morgan fingerprint density at radius 1 is 1.30 bits per heavy atom. The van der Waals surface area contributed by atoms with Crippen LogP contribution in [0.2, 0.25) is 10.0 Å². The summed E-state index contributed by atoms with van der Waals surface area (Å²) in [7, 11) is 0. The summed E-state index contributed by atoms with van der Waals surface area (Å²) in [5.41, 5.74) is 5.40. The van der Waals surface area contributed by atoms with Gasteiger partial charge in [-0.05, 0) is 81.7 Å². The van der Waals surface area contributed by atoms with Crippen LogP contribution in [-0.2, 0) is 4.79 Å². The molecule has 0 saturated carbocycles. The molecule has 37 heavy (non-hydrogen) atoms. The highest BCUT2D eigenvalue weighted by Gasteiger charge is 2.35. The van der Waals surface area contributed by atoms with E-state index in [-0.39, 0.29) is 12.5 Å². The molecular weight excluding hydrogens is 509 g/mol. The molecule has 4 atom stereocenters. The lowest BCUT2D eigenvalue weighted by molar-refractivity contribution is -0.137. The normalized spacial score (nSPS) is 23.4. The zero-order chi connectivity index (χ0) is 26.3. The average molecular weight is 543 g/mol. The molecule has 1 aliphatic heterocycles. The van der Waals surface area contributed by atoms with Crippen molar-refractivity contribution in [2.45, 2.75) is 77.4 Å². The van der Waals surface area contributed by atoms with E-state index < -0.39 is 5.97 Å². The topological polar surface area (TPSA) is 84.1 Å². The number of likely N-dealkylation sites (tertiary alicyclic amines) is 1. The van der Waals surface area contributed by atoms with Gasteiger partial charge in [0.05, 0.1) is 23.6 Å². The molecule has 0 spiro atoms. The molecule has 196 valence electrons. The SMILES string of the molecule is Cc1nn(C(C)c2ccc(Cl)cc2Cl)c2nc(C3=CC[C@@H](N4CCC[C@H]4CCC(=O)O)[C@@H](C)C3)cnc12. The Labute approximate surface area is 227 Å². The summed E-state index contributed by atoms with van der Waals surface area (Å²) >= 11 is 12.6. The molecule has 0 radical (unpaired) electrons. The van der Waals surface area contributed by atoms with Crippen LogP contribution in [0.25, 0.3) is 16.7 Å². The van der Waals surface area contributed by atoms with Crippen molar-refractivity contribution in [3.63, 3.8) is 0 Å². The predicted molar refractivity (Wildman–Crippen MR) is 147 cm³/mol. The highest BCUT2D eigenvalue weighted by Crippen LogP contribution is 2.37. The number of aromatic nitrogens is 4. The summed E-state index contributed by atoms with van der Waals surface area (Å²) in [5, 5.41) is 15.1. The maximum atomic E-state index is 11.1. The highest BCUT2D eigenvalue weighted by molar-refractivity contribution is 6.35. The van der Waals surface area contributed by atoms with E-state index in [1.54, 1.807) is 6.07 Å². The van der Waals surface area contributed by atoms with Crippen molar-refractivity contribution in [1.82, 2.24) is 24.6 Å². The lowest BCUT2D eigenvalue weighted by atomic mass is 9.83. The number of fused-ring (bicyclic) bond motifs is 1. The zero-order valence-corrected chi connectivity index (χ0v) is 23.0. The first-order chi connectivity index (χ1) is 17.7. The molecule has 1 aliphatic carbocycles. The zero-order valence-electron chi connectivity index (χ0n) is 21.5. The molecule has 5 rings (SSSR count). The molecule has 1 N–H and O–H groups in total. The molecule has 3 heterocycles. The van der Waals surface area contributed by atoms with Gasteiger partial charge in [0.2, 0.25) is 0 Å². The van der Waals surface area contributed by atoms with Gasteiger partial charge in [-0.25, -0.2) is 14.6 Å². The number of carbonyl (C=O) groups is 1. The molecule has 1 aromatic carbocycles. The highest BCUT2D eigenvalue weighted by atomic mass is 35.5. The van der Waals surface area contributed by atoms with Crippen molar-refractivity contribution < 1.29 is 9.90 Å². The van der Waals surface area contributed by atoms with Crippen molar-refractivity contribution in [3.05, 3.63) is 57.5 Å². The fourth-order valence-electron chi connectivity index (χ4n) is 6.08. The van der Waals surface area contributed by atoms with E-state index in [9.17, 15) is 4.79 Å². The first-order valence-electron chi connectivity index (χ1n) is 13.1. The Hall–Kier alpha value is -2.48. The van der Waals surface area contributed by atoms with Crippen molar-refractivity contribution in [3.8, 4) is 0 Å². The van der Waals surface area contributed by atoms with Gasteiger partial charge < -0.3 is 5.11 Å². The molecule has 1 fully saturated rings. The first-order valence-corrected chi connectivity index (χ1v) is 13.8. The van der Waals surface area contributed by atoms with E-state index >= 15 is 0 Å². The molecule has 2 aromatic heterocycles. The number of rotatable bonds is 7. The number of benzene rings is 1. The summed E-state index contributed by atoms with van der Waals surface area (Å²) < 4.78 is 1.91. The van der Waals surface area contributed by atoms with Gasteiger partial charge in [-0.3, -0.25) is 9.69 Å². The minimum absolute atomic E-state index is 0.132. The second kappa shape index (κ2) is 10.7. The number of halogens is 2. The fourth-order valence-corrected chi connectivity index (χ4v) is 6.64. The van der Waals surface area contributed by atoms with Crippen LogP contribution in [0.5, 0.6) is 0 Å². The Kier molecular flexibility index (Phi) is 7.57. The van der Waals surface area contributed by atoms with E-state index in [1.165, 1.54) is 5.57 Å². The third-order valence-electron chi connectivity index (χ3n) is 8.02. The lowest BCUT2D eigenvalue weighted by Crippen LogP contribution is -2.44. The maximum absolute atomic E-state index is 11.1. The van der Waals surface area contributed by atoms with Crippen LogP contribution < -0.4 is 0 Å². The number of aryl methyl sites for hydroxylation is 1. The Balaban J connectivity index is 1.41.